The zero-order chi connectivity index (χ0) is 38.4. The predicted octanol–water partition coefficient (Wildman–Crippen LogP) is 12.6. The van der Waals surface area contributed by atoms with Gasteiger partial charge < -0.3 is 4.42 Å². The van der Waals surface area contributed by atoms with Gasteiger partial charge in [0.15, 0.2) is 0 Å². The molecule has 9 aromatic rings. The van der Waals surface area contributed by atoms with Gasteiger partial charge in [-0.25, -0.2) is 0 Å². The van der Waals surface area contributed by atoms with Crippen molar-refractivity contribution in [1.29, 1.82) is 0 Å². The Hall–Kier alpha value is -5.92. The Labute approximate surface area is 275 Å². The van der Waals surface area contributed by atoms with Gasteiger partial charge in [0.1, 0.15) is 11.2 Å². The van der Waals surface area contributed by atoms with Crippen molar-refractivity contribution in [2.75, 3.05) is 0 Å². The summed E-state index contributed by atoms with van der Waals surface area (Å²) in [5, 5.41) is 2.46. The largest absolute Gasteiger partial charge is 0.456 e. The van der Waals surface area contributed by atoms with E-state index in [0.29, 0.717) is 54.9 Å². The Bertz CT molecular complexity index is 3030. The van der Waals surface area contributed by atoms with Crippen LogP contribution in [0.4, 0.5) is 0 Å². The summed E-state index contributed by atoms with van der Waals surface area (Å²) < 4.78 is 97.2. The topological polar surface area (TPSA) is 13.1 Å². The van der Waals surface area contributed by atoms with Crippen molar-refractivity contribution in [1.82, 2.24) is 0 Å². The fourth-order valence-electron chi connectivity index (χ4n) is 6.25. The third-order valence-corrected chi connectivity index (χ3v) is 8.25. The van der Waals surface area contributed by atoms with Gasteiger partial charge in [0, 0.05) is 10.8 Å². The van der Waals surface area contributed by atoms with Crippen molar-refractivity contribution in [3.05, 3.63) is 170 Å². The minimum atomic E-state index is -0.373. The predicted molar refractivity (Wildman–Crippen MR) is 190 cm³/mol. The smallest absolute Gasteiger partial charge is 0.136 e. The van der Waals surface area contributed by atoms with E-state index in [1.807, 2.05) is 84.9 Å². The first-order valence-corrected chi connectivity index (χ1v) is 14.6. The fourth-order valence-corrected chi connectivity index (χ4v) is 6.25. The Morgan fingerprint density at radius 2 is 0.822 bits per heavy atom. The maximum atomic E-state index is 9.62. The van der Waals surface area contributed by atoms with E-state index in [-0.39, 0.29) is 93.5 Å². The molecule has 0 bridgehead atoms. The van der Waals surface area contributed by atoms with E-state index in [2.05, 4.69) is 0 Å². The summed E-state index contributed by atoms with van der Waals surface area (Å²) in [4.78, 5) is 0. The van der Waals surface area contributed by atoms with E-state index in [1.165, 1.54) is 0 Å². The Kier molecular flexibility index (Phi) is 4.01. The van der Waals surface area contributed by atoms with Gasteiger partial charge in [0.25, 0.3) is 0 Å². The van der Waals surface area contributed by atoms with E-state index in [9.17, 15) is 5.48 Å². The first-order valence-electron chi connectivity index (χ1n) is 19.6. The lowest BCUT2D eigenvalue weighted by molar-refractivity contribution is 0.669. The van der Waals surface area contributed by atoms with Gasteiger partial charge in [-0.3, -0.25) is 0 Å². The van der Waals surface area contributed by atoms with Crippen LogP contribution in [0, 0.1) is 0 Å². The Morgan fingerprint density at radius 3 is 1.42 bits per heavy atom. The number of hydrogen-bond acceptors (Lipinski definition) is 1. The molecular weight excluding hydrogens is 544 g/mol. The molecule has 45 heavy (non-hydrogen) atoms. The molecular formula is C44H28O. The second kappa shape index (κ2) is 10.4. The molecule has 8 aromatic carbocycles. The van der Waals surface area contributed by atoms with E-state index in [4.69, 9.17) is 12.6 Å². The second-order valence-electron chi connectivity index (χ2n) is 10.8. The molecule has 0 spiro atoms. The number of rotatable bonds is 4. The van der Waals surface area contributed by atoms with Crippen LogP contribution in [0.15, 0.2) is 174 Å². The maximum Gasteiger partial charge on any atom is 0.136 e. The van der Waals surface area contributed by atoms with Crippen molar-refractivity contribution in [2.45, 2.75) is 0 Å². The van der Waals surface area contributed by atoms with Crippen LogP contribution in [0.3, 0.4) is 0 Å². The Morgan fingerprint density at radius 1 is 0.356 bits per heavy atom. The third-order valence-electron chi connectivity index (χ3n) is 8.25. The summed E-state index contributed by atoms with van der Waals surface area (Å²) in [6, 6.07) is 30.1. The fraction of sp³-hybridized carbons (Fsp3) is 0. The average Bonchev–Trinajstić information content (AvgIpc) is 3.62. The SMILES string of the molecule is [2H]c1c([2H])c([2H])c(-c2c3ccccc3c(-c3c([2H])c([2H])c4c(oc5c([2H])c(-c6ccccc6)c([2H])c([2H])c54)c3[2H])c3ccccc23)c(-c2ccccc2)c1[2H]. The van der Waals surface area contributed by atoms with Crippen molar-refractivity contribution in [2.24, 2.45) is 0 Å². The number of benzene rings is 8. The molecule has 1 heteroatoms. The van der Waals surface area contributed by atoms with Gasteiger partial charge in [-0.1, -0.05) is 145 Å². The van der Waals surface area contributed by atoms with Crippen LogP contribution >= 0.6 is 0 Å². The standard InChI is InChI=1S/C44H28O/c1-3-13-29(14-4-1)31-23-25-34-35-26-24-32(28-42(35)45-41(34)27-31)43-37-19-9-11-21-39(37)44(40-22-12-10-20-38(40)43)36-18-8-7-17-33(36)30-15-5-2-6-16-30/h1-28H/i7D,8D,17D,18D,23D,24D,25D,26D,27D,28D. The first-order chi connectivity index (χ1) is 26.5. The quantitative estimate of drug-likeness (QED) is 0.188. The van der Waals surface area contributed by atoms with Crippen LogP contribution in [0.25, 0.3) is 88.0 Å². The van der Waals surface area contributed by atoms with Gasteiger partial charge in [0.2, 0.25) is 0 Å². The molecule has 0 aliphatic heterocycles. The summed E-state index contributed by atoms with van der Waals surface area (Å²) in [7, 11) is 0. The number of furan rings is 1. The molecule has 0 aliphatic carbocycles. The highest BCUT2D eigenvalue weighted by atomic mass is 16.3. The molecule has 0 N–H and O–H groups in total. The lowest BCUT2D eigenvalue weighted by atomic mass is 9.84. The summed E-state index contributed by atoms with van der Waals surface area (Å²) in [6.07, 6.45) is 0. The van der Waals surface area contributed by atoms with Gasteiger partial charge >= 0.3 is 0 Å². The minimum Gasteiger partial charge on any atom is -0.456 e. The lowest BCUT2D eigenvalue weighted by Gasteiger charge is -2.19. The van der Waals surface area contributed by atoms with E-state index in [0.717, 1.165) is 0 Å². The van der Waals surface area contributed by atoms with Crippen LogP contribution in [-0.2, 0) is 0 Å². The molecule has 0 saturated carbocycles. The normalized spacial score (nSPS) is 14.7. The number of fused-ring (bicyclic) bond motifs is 5. The lowest BCUT2D eigenvalue weighted by Crippen LogP contribution is -1.92. The molecule has 0 fully saturated rings. The van der Waals surface area contributed by atoms with Crippen molar-refractivity contribution in [3.8, 4) is 44.5 Å². The molecule has 0 atom stereocenters. The summed E-state index contributed by atoms with van der Waals surface area (Å²) in [6.45, 7) is 0. The van der Waals surface area contributed by atoms with Crippen molar-refractivity contribution < 1.29 is 18.1 Å². The summed E-state index contributed by atoms with van der Waals surface area (Å²) >= 11 is 0. The summed E-state index contributed by atoms with van der Waals surface area (Å²) in [5.74, 6) is 0. The molecule has 0 unspecified atom stereocenters. The highest BCUT2D eigenvalue weighted by Crippen LogP contribution is 2.46. The molecule has 0 aliphatic rings. The summed E-state index contributed by atoms with van der Waals surface area (Å²) in [5.41, 5.74) is 3.04. The van der Waals surface area contributed by atoms with E-state index in [1.54, 1.807) is 24.3 Å². The highest BCUT2D eigenvalue weighted by Gasteiger charge is 2.19. The monoisotopic (exact) mass is 582 g/mol. The Balaban J connectivity index is 1.42. The second-order valence-corrected chi connectivity index (χ2v) is 10.8. The van der Waals surface area contributed by atoms with Crippen molar-refractivity contribution in [3.63, 3.8) is 0 Å². The van der Waals surface area contributed by atoms with Crippen LogP contribution < -0.4 is 0 Å². The van der Waals surface area contributed by atoms with E-state index < -0.39 is 0 Å². The van der Waals surface area contributed by atoms with Crippen molar-refractivity contribution >= 4 is 43.5 Å². The highest BCUT2D eigenvalue weighted by molar-refractivity contribution is 6.23. The number of hydrogen-bond donors (Lipinski definition) is 0. The zero-order valence-corrected chi connectivity index (χ0v) is 23.8. The van der Waals surface area contributed by atoms with Gasteiger partial charge in [0.05, 0.1) is 13.7 Å². The molecule has 1 nitrogen and oxygen atoms in total. The molecule has 0 amide bonds. The maximum absolute atomic E-state index is 9.62. The zero-order valence-electron chi connectivity index (χ0n) is 33.8. The molecule has 1 aromatic heterocycles. The van der Waals surface area contributed by atoms with Gasteiger partial charge in [-0.15, -0.1) is 0 Å². The molecule has 9 rings (SSSR count). The minimum absolute atomic E-state index is 0.0263. The van der Waals surface area contributed by atoms with Crippen LogP contribution in [0.2, 0.25) is 0 Å². The third kappa shape index (κ3) is 4.17. The first kappa shape index (κ1) is 17.4. The molecule has 210 valence electrons. The van der Waals surface area contributed by atoms with Gasteiger partial charge in [-0.05, 0) is 90.2 Å². The molecule has 0 saturated heterocycles. The van der Waals surface area contributed by atoms with Crippen LogP contribution in [0.5, 0.6) is 0 Å². The average molecular weight is 583 g/mol. The van der Waals surface area contributed by atoms with Crippen LogP contribution in [-0.4, -0.2) is 0 Å². The van der Waals surface area contributed by atoms with E-state index >= 15 is 0 Å². The molecule has 1 heterocycles. The van der Waals surface area contributed by atoms with Crippen LogP contribution in [0.1, 0.15) is 13.7 Å². The van der Waals surface area contributed by atoms with Gasteiger partial charge in [-0.2, -0.15) is 0 Å². The molecule has 0 radical (unpaired) electrons.